The van der Waals surface area contributed by atoms with Crippen molar-refractivity contribution in [3.63, 3.8) is 0 Å². The van der Waals surface area contributed by atoms with Gasteiger partial charge in [0.1, 0.15) is 5.75 Å². The van der Waals surface area contributed by atoms with Crippen LogP contribution in [0.4, 0.5) is 26.3 Å². The third-order valence-corrected chi connectivity index (χ3v) is 5.82. The highest BCUT2D eigenvalue weighted by molar-refractivity contribution is 5.99. The first kappa shape index (κ1) is 22.7. The minimum absolute atomic E-state index is 0.0393. The zero-order chi connectivity index (χ0) is 22.1. The largest absolute Gasteiger partial charge is 0.496 e. The van der Waals surface area contributed by atoms with Crippen molar-refractivity contribution in [3.05, 3.63) is 28.8 Å². The lowest BCUT2D eigenvalue weighted by molar-refractivity contribution is -0.143. The van der Waals surface area contributed by atoms with Gasteiger partial charge in [0.2, 0.25) is 0 Å². The number of carbonyl (C=O) groups is 1. The topological polar surface area (TPSA) is 50.4 Å². The summed E-state index contributed by atoms with van der Waals surface area (Å²) in [4.78, 5) is 12.8. The van der Waals surface area contributed by atoms with Crippen molar-refractivity contribution < 1.29 is 35.9 Å². The quantitative estimate of drug-likeness (QED) is 0.642. The molecule has 2 aliphatic carbocycles. The third-order valence-electron chi connectivity index (χ3n) is 5.82. The Labute approximate surface area is 170 Å². The zero-order valence-corrected chi connectivity index (χ0v) is 16.4. The number of nitrogens with one attached hydrogen (secondary N) is 2. The number of rotatable bonds is 5. The Morgan fingerprint density at radius 1 is 0.933 bits per heavy atom. The summed E-state index contributed by atoms with van der Waals surface area (Å²) in [6.45, 7) is 0. The first-order chi connectivity index (χ1) is 14.0. The molecule has 0 saturated heterocycles. The number of amides is 1. The SMILES string of the molecule is COc1cc(C(F)(F)F)cc(C(F)(F)F)c1C(=O)N[C@@H]1CCCCC1NC1CCC1. The van der Waals surface area contributed by atoms with Crippen LogP contribution in [-0.4, -0.2) is 31.1 Å². The molecule has 168 valence electrons. The first-order valence-corrected chi connectivity index (χ1v) is 9.94. The van der Waals surface area contributed by atoms with E-state index in [0.29, 0.717) is 18.5 Å². The Morgan fingerprint density at radius 2 is 1.57 bits per heavy atom. The maximum atomic E-state index is 13.6. The van der Waals surface area contributed by atoms with Crippen molar-refractivity contribution in [1.82, 2.24) is 10.6 Å². The van der Waals surface area contributed by atoms with Gasteiger partial charge in [-0.2, -0.15) is 26.3 Å². The fraction of sp³-hybridized carbons (Fsp3) is 0.650. The fourth-order valence-electron chi connectivity index (χ4n) is 4.02. The number of carbonyl (C=O) groups excluding carboxylic acids is 1. The molecule has 0 radical (unpaired) electrons. The Bertz CT molecular complexity index is 774. The highest BCUT2D eigenvalue weighted by Crippen LogP contribution is 2.41. The van der Waals surface area contributed by atoms with Gasteiger partial charge in [0.05, 0.1) is 23.8 Å². The predicted octanol–water partition coefficient (Wildman–Crippen LogP) is 4.92. The average molecular weight is 438 g/mol. The lowest BCUT2D eigenvalue weighted by Gasteiger charge is -2.38. The molecule has 2 fully saturated rings. The molecule has 0 bridgehead atoms. The molecule has 30 heavy (non-hydrogen) atoms. The van der Waals surface area contributed by atoms with Crippen LogP contribution in [0.15, 0.2) is 12.1 Å². The van der Waals surface area contributed by atoms with Crippen LogP contribution in [0.5, 0.6) is 5.75 Å². The van der Waals surface area contributed by atoms with Gasteiger partial charge in [-0.15, -0.1) is 0 Å². The molecular weight excluding hydrogens is 414 g/mol. The average Bonchev–Trinajstić information content (AvgIpc) is 2.63. The minimum Gasteiger partial charge on any atom is -0.496 e. The summed E-state index contributed by atoms with van der Waals surface area (Å²) in [5, 5.41) is 6.07. The summed E-state index contributed by atoms with van der Waals surface area (Å²) >= 11 is 0. The third kappa shape index (κ3) is 5.01. The lowest BCUT2D eigenvalue weighted by atomic mass is 9.86. The number of halogens is 6. The van der Waals surface area contributed by atoms with E-state index in [9.17, 15) is 31.1 Å². The molecule has 0 aromatic heterocycles. The molecule has 2 saturated carbocycles. The first-order valence-electron chi connectivity index (χ1n) is 9.94. The maximum absolute atomic E-state index is 13.6. The Morgan fingerprint density at radius 3 is 2.07 bits per heavy atom. The summed E-state index contributed by atoms with van der Waals surface area (Å²) in [5.41, 5.74) is -4.11. The van der Waals surface area contributed by atoms with E-state index in [-0.39, 0.29) is 12.1 Å². The Hall–Kier alpha value is -1.97. The molecule has 0 spiro atoms. The summed E-state index contributed by atoms with van der Waals surface area (Å²) in [7, 11) is 0.938. The highest BCUT2D eigenvalue weighted by atomic mass is 19.4. The van der Waals surface area contributed by atoms with Crippen molar-refractivity contribution >= 4 is 5.91 Å². The van der Waals surface area contributed by atoms with Gasteiger partial charge in [0.25, 0.3) is 5.91 Å². The number of hydrogen-bond acceptors (Lipinski definition) is 3. The van der Waals surface area contributed by atoms with Gasteiger partial charge in [-0.1, -0.05) is 19.3 Å². The molecule has 1 amide bonds. The van der Waals surface area contributed by atoms with Gasteiger partial charge < -0.3 is 15.4 Å². The van der Waals surface area contributed by atoms with E-state index in [1.807, 2.05) is 0 Å². The van der Waals surface area contributed by atoms with Crippen LogP contribution >= 0.6 is 0 Å². The Balaban J connectivity index is 1.91. The van der Waals surface area contributed by atoms with E-state index >= 15 is 0 Å². The van der Waals surface area contributed by atoms with E-state index in [1.165, 1.54) is 0 Å². The summed E-state index contributed by atoms with van der Waals surface area (Å²) < 4.78 is 84.6. The van der Waals surface area contributed by atoms with Crippen LogP contribution in [-0.2, 0) is 12.4 Å². The summed E-state index contributed by atoms with van der Waals surface area (Å²) in [6, 6.07) is 0.235. The van der Waals surface area contributed by atoms with Crippen molar-refractivity contribution in [2.24, 2.45) is 0 Å². The standard InChI is InChI=1S/C20H24F6N2O2/c1-30-16-10-11(19(21,22)23)9-13(20(24,25)26)17(16)18(29)28-15-8-3-2-7-14(15)27-12-5-4-6-12/h9-10,12,14-15,27H,2-8H2,1H3,(H,28,29)/t14?,15-/m1/s1. The van der Waals surface area contributed by atoms with Gasteiger partial charge in [-0.3, -0.25) is 4.79 Å². The molecule has 3 rings (SSSR count). The molecule has 4 nitrogen and oxygen atoms in total. The number of ether oxygens (including phenoxy) is 1. The molecule has 2 N–H and O–H groups in total. The molecular formula is C20H24F6N2O2. The van der Waals surface area contributed by atoms with Gasteiger partial charge >= 0.3 is 12.4 Å². The molecule has 0 heterocycles. The molecule has 1 aromatic rings. The second-order valence-corrected chi connectivity index (χ2v) is 7.86. The van der Waals surface area contributed by atoms with Gasteiger partial charge in [-0.05, 0) is 37.8 Å². The van der Waals surface area contributed by atoms with Crippen LogP contribution in [0.25, 0.3) is 0 Å². The van der Waals surface area contributed by atoms with Gasteiger partial charge in [0, 0.05) is 18.1 Å². The van der Waals surface area contributed by atoms with E-state index in [1.54, 1.807) is 0 Å². The normalized spacial score (nSPS) is 23.0. The monoisotopic (exact) mass is 438 g/mol. The van der Waals surface area contributed by atoms with Crippen molar-refractivity contribution in [2.45, 2.75) is 75.4 Å². The van der Waals surface area contributed by atoms with Crippen LogP contribution < -0.4 is 15.4 Å². The van der Waals surface area contributed by atoms with Crippen molar-refractivity contribution in [2.75, 3.05) is 7.11 Å². The lowest BCUT2D eigenvalue weighted by Crippen LogP contribution is -2.55. The second kappa shape index (κ2) is 8.64. The Kier molecular flexibility index (Phi) is 6.54. The molecule has 10 heteroatoms. The fourth-order valence-corrected chi connectivity index (χ4v) is 4.02. The van der Waals surface area contributed by atoms with E-state index in [2.05, 4.69) is 10.6 Å². The van der Waals surface area contributed by atoms with E-state index in [0.717, 1.165) is 45.6 Å². The zero-order valence-electron chi connectivity index (χ0n) is 16.4. The second-order valence-electron chi connectivity index (χ2n) is 7.86. The molecule has 2 atom stereocenters. The number of methoxy groups -OCH3 is 1. The summed E-state index contributed by atoms with van der Waals surface area (Å²) in [6.07, 6.45) is -3.92. The highest BCUT2D eigenvalue weighted by Gasteiger charge is 2.42. The molecule has 1 unspecified atom stereocenters. The molecule has 0 aliphatic heterocycles. The van der Waals surface area contributed by atoms with Gasteiger partial charge in [-0.25, -0.2) is 0 Å². The van der Waals surface area contributed by atoms with Gasteiger partial charge in [0.15, 0.2) is 0 Å². The van der Waals surface area contributed by atoms with Crippen LogP contribution in [0.2, 0.25) is 0 Å². The molecule has 1 aromatic carbocycles. The number of alkyl halides is 6. The minimum atomic E-state index is -5.16. The van der Waals surface area contributed by atoms with Crippen molar-refractivity contribution in [3.8, 4) is 5.75 Å². The van der Waals surface area contributed by atoms with Crippen LogP contribution in [0, 0.1) is 0 Å². The van der Waals surface area contributed by atoms with Crippen molar-refractivity contribution in [1.29, 1.82) is 0 Å². The van der Waals surface area contributed by atoms with E-state index in [4.69, 9.17) is 4.74 Å². The van der Waals surface area contributed by atoms with Crippen LogP contribution in [0.1, 0.15) is 66.4 Å². The number of benzene rings is 1. The van der Waals surface area contributed by atoms with E-state index < -0.39 is 46.7 Å². The maximum Gasteiger partial charge on any atom is 0.417 e. The smallest absolute Gasteiger partial charge is 0.417 e. The summed E-state index contributed by atoms with van der Waals surface area (Å²) in [5.74, 6) is -1.84. The molecule has 2 aliphatic rings. The predicted molar refractivity (Wildman–Crippen MR) is 97.3 cm³/mol. The van der Waals surface area contributed by atoms with Crippen LogP contribution in [0.3, 0.4) is 0 Å². The number of hydrogen-bond donors (Lipinski definition) is 2.